The molecule has 0 spiro atoms. The number of β-lactam (4-membered cyclic amide) rings is 1. The number of carbonyl (C=O) groups is 4. The third-order valence-corrected chi connectivity index (χ3v) is 10.0. The van der Waals surface area contributed by atoms with Crippen molar-refractivity contribution in [3.63, 3.8) is 0 Å². The highest BCUT2D eigenvalue weighted by atomic mass is 35.5. The highest BCUT2D eigenvalue weighted by Gasteiger charge is 2.54. The highest BCUT2D eigenvalue weighted by molar-refractivity contribution is 8.01. The second-order valence-electron chi connectivity index (χ2n) is 8.34. The molecule has 2 aromatic rings. The number of hydrogen-bond acceptors (Lipinski definition) is 8. The largest absolute Gasteiger partial charge is 0.543 e. The van der Waals surface area contributed by atoms with Gasteiger partial charge in [-0.05, 0) is 23.8 Å². The first-order valence-corrected chi connectivity index (χ1v) is 15.0. The normalized spacial score (nSPS) is 19.4. The van der Waals surface area contributed by atoms with E-state index in [-0.39, 0.29) is 17.4 Å². The van der Waals surface area contributed by atoms with E-state index in [1.165, 1.54) is 51.7 Å². The molecule has 9 nitrogen and oxygen atoms in total. The fourth-order valence-corrected chi connectivity index (χ4v) is 7.48. The van der Waals surface area contributed by atoms with E-state index in [1.54, 1.807) is 42.7 Å². The number of nitrogens with zero attached hydrogens (tertiary/aromatic N) is 2. The predicted octanol–water partition coefficient (Wildman–Crippen LogP) is 2.21. The molecule has 200 valence electrons. The summed E-state index contributed by atoms with van der Waals surface area (Å²) in [5, 5.41) is 24.1. The SMILES string of the molecule is C[C@H](C(=O)[O-])[n+]1ccc(SCC2=C(C(=O)O)N3C(=O)[C@@H](NC(=O)CSc4cc(Cl)ccc4Cl)[C@H]3SC2)cc1. The van der Waals surface area contributed by atoms with Crippen molar-refractivity contribution in [3.8, 4) is 0 Å². The maximum absolute atomic E-state index is 12.9. The third kappa shape index (κ3) is 6.26. The molecule has 0 saturated carbocycles. The van der Waals surface area contributed by atoms with E-state index in [1.807, 2.05) is 0 Å². The second kappa shape index (κ2) is 12.2. The minimum absolute atomic E-state index is 0.0174. The van der Waals surface area contributed by atoms with Crippen molar-refractivity contribution in [2.45, 2.75) is 34.2 Å². The highest BCUT2D eigenvalue weighted by Crippen LogP contribution is 2.41. The Morgan fingerprint density at radius 2 is 1.95 bits per heavy atom. The molecular weight excluding hydrogens is 593 g/mol. The van der Waals surface area contributed by atoms with E-state index in [0.29, 0.717) is 32.0 Å². The molecule has 0 bridgehead atoms. The van der Waals surface area contributed by atoms with Gasteiger partial charge in [-0.1, -0.05) is 23.2 Å². The van der Waals surface area contributed by atoms with Gasteiger partial charge in [-0.25, -0.2) is 4.79 Å². The van der Waals surface area contributed by atoms with Gasteiger partial charge in [0.15, 0.2) is 18.4 Å². The number of aliphatic carboxylic acids is 2. The Balaban J connectivity index is 1.37. The van der Waals surface area contributed by atoms with Crippen molar-refractivity contribution < 1.29 is 34.0 Å². The lowest BCUT2D eigenvalue weighted by Gasteiger charge is -2.49. The summed E-state index contributed by atoms with van der Waals surface area (Å²) in [6, 6.07) is 6.77. The van der Waals surface area contributed by atoms with Gasteiger partial charge in [0.2, 0.25) is 5.91 Å². The number of hydrogen-bond donors (Lipinski definition) is 2. The number of thioether (sulfide) groups is 3. The Bertz CT molecular complexity index is 1320. The van der Waals surface area contributed by atoms with Crippen LogP contribution >= 0.6 is 58.5 Å². The number of carboxylic acid groups (broad SMARTS) is 2. The number of benzene rings is 1. The number of carboxylic acids is 2. The molecule has 38 heavy (non-hydrogen) atoms. The van der Waals surface area contributed by atoms with Gasteiger partial charge in [0.05, 0.1) is 10.8 Å². The van der Waals surface area contributed by atoms with Crippen molar-refractivity contribution in [2.24, 2.45) is 0 Å². The monoisotopic (exact) mass is 613 g/mol. The standard InChI is InChI=1S/C24H21Cl2N3O6S3/c1-12(23(32)33)28-6-4-15(5-7-28)36-9-13-10-38-22-19(21(31)29(22)20(13)24(34)35)27-18(30)11-37-17-8-14(25)2-3-16(17)26/h2-8,12,19,22H,9-11H2,1H3,(H2-,27,30,32,33,34,35)/t12-,19-,22-/m1/s1. The van der Waals surface area contributed by atoms with Crippen LogP contribution in [0.1, 0.15) is 13.0 Å². The summed E-state index contributed by atoms with van der Waals surface area (Å²) in [6.45, 7) is 1.51. The lowest BCUT2D eigenvalue weighted by Crippen LogP contribution is -2.70. The van der Waals surface area contributed by atoms with Crippen LogP contribution in [-0.2, 0) is 19.2 Å². The van der Waals surface area contributed by atoms with Crippen molar-refractivity contribution in [1.82, 2.24) is 10.2 Å². The summed E-state index contributed by atoms with van der Waals surface area (Å²) < 4.78 is 1.50. The zero-order chi connectivity index (χ0) is 27.6. The average Bonchev–Trinajstić information content (AvgIpc) is 2.90. The van der Waals surface area contributed by atoms with Gasteiger partial charge in [-0.15, -0.1) is 35.3 Å². The molecule has 0 aliphatic carbocycles. The van der Waals surface area contributed by atoms with Crippen LogP contribution in [0, 0.1) is 0 Å². The Morgan fingerprint density at radius 3 is 2.61 bits per heavy atom. The average molecular weight is 615 g/mol. The van der Waals surface area contributed by atoms with Crippen LogP contribution in [0.3, 0.4) is 0 Å². The summed E-state index contributed by atoms with van der Waals surface area (Å²) in [6.07, 6.45) is 3.23. The summed E-state index contributed by atoms with van der Waals surface area (Å²) in [5.74, 6) is -2.51. The van der Waals surface area contributed by atoms with Crippen LogP contribution < -0.4 is 15.0 Å². The van der Waals surface area contributed by atoms with Gasteiger partial charge >= 0.3 is 5.97 Å². The molecule has 3 heterocycles. The molecule has 0 unspecified atom stereocenters. The van der Waals surface area contributed by atoms with E-state index in [2.05, 4.69) is 5.32 Å². The topological polar surface area (TPSA) is 131 Å². The fourth-order valence-electron chi connectivity index (χ4n) is 3.81. The molecular formula is C24H21Cl2N3O6S3. The van der Waals surface area contributed by atoms with Gasteiger partial charge < -0.3 is 20.3 Å². The summed E-state index contributed by atoms with van der Waals surface area (Å²) >= 11 is 16.1. The maximum Gasteiger partial charge on any atom is 0.352 e. The smallest absolute Gasteiger partial charge is 0.352 e. The summed E-state index contributed by atoms with van der Waals surface area (Å²) in [7, 11) is 0. The molecule has 2 N–H and O–H groups in total. The van der Waals surface area contributed by atoms with Crippen molar-refractivity contribution in [1.29, 1.82) is 0 Å². The molecule has 2 amide bonds. The van der Waals surface area contributed by atoms with E-state index in [4.69, 9.17) is 23.2 Å². The Hall–Kier alpha value is -2.38. The number of carbonyl (C=O) groups excluding carboxylic acids is 3. The minimum Gasteiger partial charge on any atom is -0.543 e. The zero-order valence-electron chi connectivity index (χ0n) is 19.8. The van der Waals surface area contributed by atoms with Gasteiger partial charge in [-0.3, -0.25) is 14.5 Å². The molecule has 2 aliphatic rings. The van der Waals surface area contributed by atoms with Crippen molar-refractivity contribution in [3.05, 3.63) is 64.0 Å². The number of nitrogens with one attached hydrogen (secondary N) is 1. The second-order valence-corrected chi connectivity index (χ2v) is 12.4. The Morgan fingerprint density at radius 1 is 1.24 bits per heavy atom. The van der Waals surface area contributed by atoms with Crippen LogP contribution in [0.15, 0.2) is 63.8 Å². The maximum atomic E-state index is 12.9. The number of pyridine rings is 1. The number of amides is 2. The number of aromatic nitrogens is 1. The molecule has 1 fully saturated rings. The Labute approximate surface area is 240 Å². The summed E-state index contributed by atoms with van der Waals surface area (Å²) in [4.78, 5) is 51.2. The first-order valence-electron chi connectivity index (χ1n) is 11.2. The van der Waals surface area contributed by atoms with E-state index in [0.717, 1.165) is 4.90 Å². The lowest BCUT2D eigenvalue weighted by molar-refractivity contribution is -0.712. The van der Waals surface area contributed by atoms with Gasteiger partial charge in [0.25, 0.3) is 5.91 Å². The van der Waals surface area contributed by atoms with Gasteiger partial charge in [0, 0.05) is 45.4 Å². The van der Waals surface area contributed by atoms with Crippen LogP contribution in [0.5, 0.6) is 0 Å². The quantitative estimate of drug-likeness (QED) is 0.235. The first-order chi connectivity index (χ1) is 18.1. The molecule has 3 atom stereocenters. The molecule has 1 saturated heterocycles. The zero-order valence-corrected chi connectivity index (χ0v) is 23.7. The molecule has 1 aromatic carbocycles. The fraction of sp³-hybridized carbons (Fsp3) is 0.292. The van der Waals surface area contributed by atoms with E-state index >= 15 is 0 Å². The van der Waals surface area contributed by atoms with Crippen LogP contribution in [-0.4, -0.2) is 62.4 Å². The van der Waals surface area contributed by atoms with Crippen LogP contribution in [0.4, 0.5) is 0 Å². The van der Waals surface area contributed by atoms with Gasteiger partial charge in [0.1, 0.15) is 23.1 Å². The van der Waals surface area contributed by atoms with Crippen LogP contribution in [0.2, 0.25) is 10.0 Å². The minimum atomic E-state index is -1.20. The van der Waals surface area contributed by atoms with Crippen molar-refractivity contribution in [2.75, 3.05) is 17.3 Å². The number of halogens is 2. The molecule has 4 rings (SSSR count). The predicted molar refractivity (Wildman–Crippen MR) is 144 cm³/mol. The molecule has 1 aromatic heterocycles. The number of rotatable bonds is 10. The van der Waals surface area contributed by atoms with E-state index in [9.17, 15) is 29.4 Å². The van der Waals surface area contributed by atoms with Crippen molar-refractivity contribution >= 4 is 82.2 Å². The Kier molecular flexibility index (Phi) is 9.19. The van der Waals surface area contributed by atoms with Gasteiger partial charge in [-0.2, -0.15) is 4.57 Å². The summed E-state index contributed by atoms with van der Waals surface area (Å²) in [5.41, 5.74) is 0.529. The lowest BCUT2D eigenvalue weighted by atomic mass is 10.0. The third-order valence-electron chi connectivity index (χ3n) is 5.84. The first kappa shape index (κ1) is 28.6. The molecule has 2 aliphatic heterocycles. The molecule has 14 heteroatoms. The molecule has 0 radical (unpaired) electrons. The number of fused-ring (bicyclic) bond motifs is 1. The van der Waals surface area contributed by atoms with E-state index < -0.39 is 35.3 Å². The van der Waals surface area contributed by atoms with Crippen LogP contribution in [0.25, 0.3) is 0 Å².